The second kappa shape index (κ2) is 8.11. The lowest BCUT2D eigenvalue weighted by molar-refractivity contribution is 0.131. The predicted molar refractivity (Wildman–Crippen MR) is 75.0 cm³/mol. The summed E-state index contributed by atoms with van der Waals surface area (Å²) in [7, 11) is 0. The summed E-state index contributed by atoms with van der Waals surface area (Å²) in [6.45, 7) is 6.28. The molecule has 0 saturated carbocycles. The topological polar surface area (TPSA) is 73.1 Å². The SMILES string of the molecule is CCCCOCCCNc1nc(Cl)nc(C)c1N. The molecular weight excluding hydrogens is 252 g/mol. The Morgan fingerprint density at radius 3 is 2.72 bits per heavy atom. The number of rotatable bonds is 8. The van der Waals surface area contributed by atoms with E-state index >= 15 is 0 Å². The highest BCUT2D eigenvalue weighted by Gasteiger charge is 2.06. The van der Waals surface area contributed by atoms with Crippen LogP contribution in [-0.2, 0) is 4.74 Å². The maximum Gasteiger partial charge on any atom is 0.224 e. The van der Waals surface area contributed by atoms with Crippen LogP contribution in [0.4, 0.5) is 11.5 Å². The van der Waals surface area contributed by atoms with Crippen LogP contribution in [-0.4, -0.2) is 29.7 Å². The summed E-state index contributed by atoms with van der Waals surface area (Å²) in [5.41, 5.74) is 7.09. The summed E-state index contributed by atoms with van der Waals surface area (Å²) in [5, 5.41) is 3.36. The van der Waals surface area contributed by atoms with Crippen LogP contribution in [0.5, 0.6) is 0 Å². The third-order valence-corrected chi connectivity index (χ3v) is 2.68. The molecule has 0 aliphatic carbocycles. The third kappa shape index (κ3) is 5.06. The maximum atomic E-state index is 5.85. The van der Waals surface area contributed by atoms with E-state index in [0.29, 0.717) is 17.2 Å². The van der Waals surface area contributed by atoms with Gasteiger partial charge in [0.1, 0.15) is 0 Å². The maximum absolute atomic E-state index is 5.85. The third-order valence-electron chi connectivity index (χ3n) is 2.51. The van der Waals surface area contributed by atoms with Crippen LogP contribution in [0, 0.1) is 6.92 Å². The van der Waals surface area contributed by atoms with Gasteiger partial charge in [-0.3, -0.25) is 0 Å². The number of nitrogens with zero attached hydrogens (tertiary/aromatic N) is 2. The van der Waals surface area contributed by atoms with Crippen molar-refractivity contribution in [1.82, 2.24) is 9.97 Å². The molecule has 0 bridgehead atoms. The van der Waals surface area contributed by atoms with Gasteiger partial charge in [0.2, 0.25) is 5.28 Å². The molecule has 18 heavy (non-hydrogen) atoms. The summed E-state index contributed by atoms with van der Waals surface area (Å²) < 4.78 is 5.46. The second-order valence-corrected chi connectivity index (χ2v) is 4.42. The first-order chi connectivity index (χ1) is 8.65. The first kappa shape index (κ1) is 15.0. The molecule has 0 aromatic carbocycles. The Balaban J connectivity index is 2.27. The lowest BCUT2D eigenvalue weighted by atomic mass is 10.3. The molecule has 0 spiro atoms. The van der Waals surface area contributed by atoms with Crippen molar-refractivity contribution in [3.8, 4) is 0 Å². The molecule has 0 fully saturated rings. The molecule has 3 N–H and O–H groups in total. The standard InChI is InChI=1S/C12H21ClN4O/c1-3-4-7-18-8-5-6-15-11-10(14)9(2)16-12(13)17-11/h3-8,14H2,1-2H3,(H,15,16,17). The van der Waals surface area contributed by atoms with Gasteiger partial charge < -0.3 is 15.8 Å². The van der Waals surface area contributed by atoms with Crippen LogP contribution < -0.4 is 11.1 Å². The number of aryl methyl sites for hydroxylation is 1. The Labute approximate surface area is 113 Å². The molecule has 6 heteroatoms. The predicted octanol–water partition coefficient (Wildman–Crippen LogP) is 2.64. The number of aromatic nitrogens is 2. The number of hydrogen-bond donors (Lipinski definition) is 2. The van der Waals surface area contributed by atoms with E-state index in [1.165, 1.54) is 0 Å². The van der Waals surface area contributed by atoms with Crippen LogP contribution in [0.25, 0.3) is 0 Å². The molecular formula is C12H21ClN4O. The van der Waals surface area contributed by atoms with Gasteiger partial charge in [-0.05, 0) is 31.4 Å². The minimum absolute atomic E-state index is 0.211. The van der Waals surface area contributed by atoms with Gasteiger partial charge in [-0.1, -0.05) is 13.3 Å². The van der Waals surface area contributed by atoms with Gasteiger partial charge in [-0.15, -0.1) is 0 Å². The first-order valence-corrected chi connectivity index (χ1v) is 6.64. The zero-order valence-electron chi connectivity index (χ0n) is 11.0. The fourth-order valence-electron chi connectivity index (χ4n) is 1.41. The number of nitrogen functional groups attached to an aromatic ring is 1. The molecule has 1 heterocycles. The fraction of sp³-hybridized carbons (Fsp3) is 0.667. The van der Waals surface area contributed by atoms with Gasteiger partial charge in [0, 0.05) is 19.8 Å². The van der Waals surface area contributed by atoms with Gasteiger partial charge in [-0.25, -0.2) is 4.98 Å². The minimum atomic E-state index is 0.211. The Morgan fingerprint density at radius 2 is 2.00 bits per heavy atom. The molecule has 5 nitrogen and oxygen atoms in total. The molecule has 0 atom stereocenters. The number of nitrogens with two attached hydrogens (primary N) is 1. The lowest BCUT2D eigenvalue weighted by Gasteiger charge is -2.10. The number of halogens is 1. The van der Waals surface area contributed by atoms with Gasteiger partial charge in [0.05, 0.1) is 11.4 Å². The van der Waals surface area contributed by atoms with Crippen molar-refractivity contribution in [2.45, 2.75) is 33.1 Å². The van der Waals surface area contributed by atoms with Crippen LogP contribution in [0.3, 0.4) is 0 Å². The highest BCUT2D eigenvalue weighted by Crippen LogP contribution is 2.20. The molecule has 1 aromatic heterocycles. The highest BCUT2D eigenvalue weighted by molar-refractivity contribution is 6.28. The number of anilines is 2. The van der Waals surface area contributed by atoms with Gasteiger partial charge in [0.25, 0.3) is 0 Å². The number of unbranched alkanes of at least 4 members (excludes halogenated alkanes) is 1. The zero-order valence-corrected chi connectivity index (χ0v) is 11.8. The summed E-state index contributed by atoms with van der Waals surface area (Å²) in [6.07, 6.45) is 3.18. The van der Waals surface area contributed by atoms with Crippen molar-refractivity contribution in [3.63, 3.8) is 0 Å². The zero-order chi connectivity index (χ0) is 13.4. The van der Waals surface area contributed by atoms with Crippen LogP contribution >= 0.6 is 11.6 Å². The monoisotopic (exact) mass is 272 g/mol. The summed E-state index contributed by atoms with van der Waals surface area (Å²) >= 11 is 5.78. The molecule has 1 rings (SSSR count). The van der Waals surface area contributed by atoms with Crippen molar-refractivity contribution >= 4 is 23.1 Å². The van der Waals surface area contributed by atoms with E-state index in [1.807, 2.05) is 6.92 Å². The summed E-state index contributed by atoms with van der Waals surface area (Å²) in [5.74, 6) is 0.598. The fourth-order valence-corrected chi connectivity index (χ4v) is 1.62. The molecule has 0 radical (unpaired) electrons. The average Bonchev–Trinajstić information content (AvgIpc) is 2.33. The Bertz CT molecular complexity index is 373. The summed E-state index contributed by atoms with van der Waals surface area (Å²) in [6, 6.07) is 0. The van der Waals surface area contributed by atoms with Crippen molar-refractivity contribution in [2.75, 3.05) is 30.8 Å². The molecule has 0 saturated heterocycles. The largest absolute Gasteiger partial charge is 0.394 e. The van der Waals surface area contributed by atoms with Crippen molar-refractivity contribution in [1.29, 1.82) is 0 Å². The van der Waals surface area contributed by atoms with E-state index < -0.39 is 0 Å². The second-order valence-electron chi connectivity index (χ2n) is 4.09. The number of hydrogen-bond acceptors (Lipinski definition) is 5. The van der Waals surface area contributed by atoms with E-state index in [9.17, 15) is 0 Å². The Morgan fingerprint density at radius 1 is 1.28 bits per heavy atom. The molecule has 102 valence electrons. The lowest BCUT2D eigenvalue weighted by Crippen LogP contribution is -2.10. The minimum Gasteiger partial charge on any atom is -0.394 e. The molecule has 1 aromatic rings. The van der Waals surface area contributed by atoms with E-state index in [1.54, 1.807) is 0 Å². The van der Waals surface area contributed by atoms with Crippen LogP contribution in [0.1, 0.15) is 31.9 Å². The number of ether oxygens (including phenoxy) is 1. The van der Waals surface area contributed by atoms with Crippen LogP contribution in [0.15, 0.2) is 0 Å². The van der Waals surface area contributed by atoms with E-state index in [0.717, 1.165) is 39.0 Å². The Hall–Kier alpha value is -1.07. The summed E-state index contributed by atoms with van der Waals surface area (Å²) in [4.78, 5) is 8.03. The van der Waals surface area contributed by atoms with Crippen molar-refractivity contribution < 1.29 is 4.74 Å². The first-order valence-electron chi connectivity index (χ1n) is 6.26. The quantitative estimate of drug-likeness (QED) is 0.562. The van der Waals surface area contributed by atoms with E-state index in [4.69, 9.17) is 22.1 Å². The molecule has 0 unspecified atom stereocenters. The molecule has 0 aliphatic rings. The number of nitrogens with one attached hydrogen (secondary N) is 1. The van der Waals surface area contributed by atoms with Gasteiger partial charge in [-0.2, -0.15) is 4.98 Å². The van der Waals surface area contributed by atoms with Crippen LogP contribution in [0.2, 0.25) is 5.28 Å². The highest BCUT2D eigenvalue weighted by atomic mass is 35.5. The van der Waals surface area contributed by atoms with Crippen molar-refractivity contribution in [2.24, 2.45) is 0 Å². The van der Waals surface area contributed by atoms with Crippen molar-refractivity contribution in [3.05, 3.63) is 11.0 Å². The van der Waals surface area contributed by atoms with Gasteiger partial charge in [0.15, 0.2) is 5.82 Å². The van der Waals surface area contributed by atoms with E-state index in [2.05, 4.69) is 22.2 Å². The van der Waals surface area contributed by atoms with Gasteiger partial charge >= 0.3 is 0 Å². The van der Waals surface area contributed by atoms with E-state index in [-0.39, 0.29) is 5.28 Å². The smallest absolute Gasteiger partial charge is 0.224 e. The molecule has 0 amide bonds. The Kier molecular flexibility index (Phi) is 6.75. The normalized spacial score (nSPS) is 10.6. The average molecular weight is 273 g/mol. The molecule has 0 aliphatic heterocycles.